The molecule has 1 spiro atoms. The molecule has 1 amide bonds. The minimum absolute atomic E-state index is 0.00272. The van der Waals surface area contributed by atoms with Gasteiger partial charge in [-0.15, -0.1) is 0 Å². The molecule has 1 aromatic heterocycles. The quantitative estimate of drug-likeness (QED) is 0.543. The highest BCUT2D eigenvalue weighted by Gasteiger charge is 2.60. The number of carbonyl (C=O) groups excluding carboxylic acids is 1. The zero-order chi connectivity index (χ0) is 25.6. The molecule has 1 saturated heterocycles. The molecule has 37 heavy (non-hydrogen) atoms. The number of aromatic nitrogens is 1. The monoisotopic (exact) mass is 543 g/mol. The molecular formula is C28H34FN3O3S2. The van der Waals surface area contributed by atoms with Gasteiger partial charge in [0.05, 0.1) is 29.2 Å². The van der Waals surface area contributed by atoms with Crippen molar-refractivity contribution >= 4 is 33.4 Å². The van der Waals surface area contributed by atoms with Gasteiger partial charge in [0.1, 0.15) is 5.82 Å². The summed E-state index contributed by atoms with van der Waals surface area (Å²) in [6, 6.07) is 8.31. The maximum Gasteiger partial charge on any atom is 0.251 e. The first-order valence-corrected chi connectivity index (χ1v) is 16.2. The van der Waals surface area contributed by atoms with Crippen molar-refractivity contribution in [3.8, 4) is 0 Å². The van der Waals surface area contributed by atoms with Gasteiger partial charge in [0.25, 0.3) is 5.91 Å². The molecule has 1 aromatic carbocycles. The summed E-state index contributed by atoms with van der Waals surface area (Å²) in [6.45, 7) is -0.00272. The third-order valence-corrected chi connectivity index (χ3v) is 12.1. The molecule has 3 heterocycles. The van der Waals surface area contributed by atoms with Crippen molar-refractivity contribution in [1.29, 1.82) is 0 Å². The lowest BCUT2D eigenvalue weighted by Gasteiger charge is -2.42. The summed E-state index contributed by atoms with van der Waals surface area (Å²) < 4.78 is 44.3. The maximum atomic E-state index is 14.2. The largest absolute Gasteiger partial charge is 0.346 e. The number of nitrogens with one attached hydrogen (secondary N) is 1. The van der Waals surface area contributed by atoms with Crippen LogP contribution in [-0.2, 0) is 22.0 Å². The highest BCUT2D eigenvalue weighted by Crippen LogP contribution is 2.59. The van der Waals surface area contributed by atoms with Gasteiger partial charge >= 0.3 is 0 Å². The van der Waals surface area contributed by atoms with Gasteiger partial charge in [-0.3, -0.25) is 14.1 Å². The fraction of sp³-hybridized carbons (Fsp3) is 0.571. The summed E-state index contributed by atoms with van der Waals surface area (Å²) in [5.41, 5.74) is 2.21. The number of sulfonamides is 1. The second kappa shape index (κ2) is 9.88. The third-order valence-electron chi connectivity index (χ3n) is 8.80. The normalized spacial score (nSPS) is 23.7. The van der Waals surface area contributed by atoms with Crippen molar-refractivity contribution in [3.63, 3.8) is 0 Å². The summed E-state index contributed by atoms with van der Waals surface area (Å²) in [6.07, 6.45) is 9.99. The molecule has 3 fully saturated rings. The van der Waals surface area contributed by atoms with Crippen LogP contribution in [0.3, 0.4) is 0 Å². The highest BCUT2D eigenvalue weighted by atomic mass is 32.2. The van der Waals surface area contributed by atoms with Gasteiger partial charge in [0.15, 0.2) is 0 Å². The predicted molar refractivity (Wildman–Crippen MR) is 145 cm³/mol. The van der Waals surface area contributed by atoms with Crippen LogP contribution in [0.2, 0.25) is 0 Å². The Labute approximate surface area is 222 Å². The first kappa shape index (κ1) is 25.2. The number of carbonyl (C=O) groups is 1. The molecule has 9 heteroatoms. The van der Waals surface area contributed by atoms with Crippen molar-refractivity contribution in [2.45, 2.75) is 81.0 Å². The van der Waals surface area contributed by atoms with Crippen LogP contribution in [0.25, 0.3) is 0 Å². The van der Waals surface area contributed by atoms with Gasteiger partial charge in [-0.1, -0.05) is 19.3 Å². The Balaban J connectivity index is 1.38. The van der Waals surface area contributed by atoms with Gasteiger partial charge in [0.2, 0.25) is 10.0 Å². The van der Waals surface area contributed by atoms with Gasteiger partial charge in [-0.25, -0.2) is 12.8 Å². The Kier molecular flexibility index (Phi) is 6.72. The van der Waals surface area contributed by atoms with E-state index >= 15 is 0 Å². The topological polar surface area (TPSA) is 79.4 Å². The van der Waals surface area contributed by atoms with E-state index < -0.39 is 15.8 Å². The van der Waals surface area contributed by atoms with Crippen molar-refractivity contribution < 1.29 is 17.6 Å². The lowest BCUT2D eigenvalue weighted by atomic mass is 9.70. The number of anilines is 1. The Morgan fingerprint density at radius 2 is 1.86 bits per heavy atom. The number of halogens is 1. The average molecular weight is 544 g/mol. The van der Waals surface area contributed by atoms with Gasteiger partial charge in [0, 0.05) is 17.2 Å². The van der Waals surface area contributed by atoms with E-state index in [2.05, 4.69) is 10.3 Å². The van der Waals surface area contributed by atoms with Crippen LogP contribution in [0.4, 0.5) is 10.1 Å². The molecule has 6 nitrogen and oxygen atoms in total. The van der Waals surface area contributed by atoms with E-state index in [1.54, 1.807) is 6.07 Å². The fourth-order valence-electron chi connectivity index (χ4n) is 6.79. The zero-order valence-corrected chi connectivity index (χ0v) is 22.6. The number of nitrogens with zero attached hydrogens (tertiary/aromatic N) is 2. The van der Waals surface area contributed by atoms with E-state index in [0.29, 0.717) is 11.5 Å². The molecular weight excluding hydrogens is 509 g/mol. The van der Waals surface area contributed by atoms with E-state index in [0.717, 1.165) is 80.5 Å². The van der Waals surface area contributed by atoms with Crippen molar-refractivity contribution in [1.82, 2.24) is 10.3 Å². The molecule has 6 rings (SSSR count). The van der Waals surface area contributed by atoms with Crippen molar-refractivity contribution in [3.05, 3.63) is 59.2 Å². The molecule has 198 valence electrons. The van der Waals surface area contributed by atoms with E-state index in [1.165, 1.54) is 18.3 Å². The second-order valence-electron chi connectivity index (χ2n) is 11.0. The summed E-state index contributed by atoms with van der Waals surface area (Å²) >= 11 is 1.93. The number of amides is 1. The van der Waals surface area contributed by atoms with Crippen molar-refractivity contribution in [2.24, 2.45) is 5.92 Å². The van der Waals surface area contributed by atoms with Crippen LogP contribution in [-0.4, -0.2) is 42.1 Å². The molecule has 0 bridgehead atoms. The molecule has 1 atom stereocenters. The van der Waals surface area contributed by atoms with Gasteiger partial charge < -0.3 is 5.32 Å². The number of fused-ring (bicyclic) bond motifs is 2. The Morgan fingerprint density at radius 3 is 2.57 bits per heavy atom. The standard InChI is InChI=1S/C28H34FN3O3S2/c29-23-7-4-14-30-24(23)18-31-27(33)20-10-11-25-22(17-20)28(12-15-36-16-13-28)26(19-8-9-19)32(25)37(34,35)21-5-2-1-3-6-21/h4,7,10-11,14,17,19,21,26H,1-3,5-6,8-9,12-13,15-16,18H2,(H,31,33). The van der Waals surface area contributed by atoms with Crippen LogP contribution in [0, 0.1) is 11.7 Å². The molecule has 2 aromatic rings. The minimum Gasteiger partial charge on any atom is -0.346 e. The lowest BCUT2D eigenvalue weighted by molar-refractivity contribution is 0.0950. The summed E-state index contributed by atoms with van der Waals surface area (Å²) in [7, 11) is -3.51. The molecule has 2 aliphatic heterocycles. The maximum absolute atomic E-state index is 14.2. The van der Waals surface area contributed by atoms with Crippen LogP contribution in [0.5, 0.6) is 0 Å². The smallest absolute Gasteiger partial charge is 0.251 e. The molecule has 0 radical (unpaired) electrons. The number of thioether (sulfide) groups is 1. The van der Waals surface area contributed by atoms with Crippen LogP contribution in [0.15, 0.2) is 36.5 Å². The molecule has 1 unspecified atom stereocenters. The first-order valence-electron chi connectivity index (χ1n) is 13.5. The number of benzene rings is 1. The second-order valence-corrected chi connectivity index (χ2v) is 14.3. The van der Waals surface area contributed by atoms with Gasteiger partial charge in [-0.2, -0.15) is 11.8 Å². The van der Waals surface area contributed by atoms with E-state index in [4.69, 9.17) is 0 Å². The van der Waals surface area contributed by atoms with E-state index in [1.807, 2.05) is 28.2 Å². The first-order chi connectivity index (χ1) is 17.9. The Hall–Kier alpha value is -2.13. The number of pyridine rings is 1. The van der Waals surface area contributed by atoms with Crippen molar-refractivity contribution in [2.75, 3.05) is 15.8 Å². The lowest BCUT2D eigenvalue weighted by Crippen LogP contribution is -2.52. The van der Waals surface area contributed by atoms with Crippen LogP contribution >= 0.6 is 11.8 Å². The number of hydrogen-bond acceptors (Lipinski definition) is 5. The minimum atomic E-state index is -3.51. The summed E-state index contributed by atoms with van der Waals surface area (Å²) in [4.78, 5) is 17.2. The summed E-state index contributed by atoms with van der Waals surface area (Å²) in [5, 5.41) is 2.48. The zero-order valence-electron chi connectivity index (χ0n) is 21.0. The Bertz CT molecular complexity index is 1290. The predicted octanol–water partition coefficient (Wildman–Crippen LogP) is 5.18. The third kappa shape index (κ3) is 4.46. The average Bonchev–Trinajstić information content (AvgIpc) is 3.73. The number of rotatable bonds is 6. The van der Waals surface area contributed by atoms with Gasteiger partial charge in [-0.05, 0) is 91.8 Å². The molecule has 2 aliphatic carbocycles. The summed E-state index contributed by atoms with van der Waals surface area (Å²) in [5.74, 6) is 1.61. The Morgan fingerprint density at radius 1 is 1.11 bits per heavy atom. The highest BCUT2D eigenvalue weighted by molar-refractivity contribution is 7.99. The molecule has 2 saturated carbocycles. The van der Waals surface area contributed by atoms with E-state index in [9.17, 15) is 17.6 Å². The SMILES string of the molecule is O=C(NCc1ncccc1F)c1ccc2c(c1)C1(CCSCC1)C(C1CC1)N2S(=O)(=O)C1CCCCC1. The molecule has 4 aliphatic rings. The van der Waals surface area contributed by atoms with Crippen LogP contribution < -0.4 is 9.62 Å². The fourth-order valence-corrected chi connectivity index (χ4v) is 10.4. The van der Waals surface area contributed by atoms with Crippen LogP contribution in [0.1, 0.15) is 79.4 Å². The van der Waals surface area contributed by atoms with E-state index in [-0.39, 0.29) is 34.9 Å². The number of hydrogen-bond donors (Lipinski definition) is 1. The molecule has 1 N–H and O–H groups in total.